The molecule has 0 bridgehead atoms. The topological polar surface area (TPSA) is 147 Å². The molecule has 1 saturated carbocycles. The van der Waals surface area contributed by atoms with Crippen molar-refractivity contribution in [2.24, 2.45) is 0 Å². The lowest BCUT2D eigenvalue weighted by Gasteiger charge is -2.34. The van der Waals surface area contributed by atoms with Crippen molar-refractivity contribution >= 4 is 44.4 Å². The van der Waals surface area contributed by atoms with Crippen molar-refractivity contribution in [1.29, 1.82) is 0 Å². The molecule has 0 aliphatic heterocycles. The molecule has 13 heteroatoms. The number of hydrogen-bond acceptors (Lipinski definition) is 8. The number of nitrogens with zero attached hydrogens (tertiary/aromatic N) is 4. The number of nitrogens with one attached hydrogen (secondary N) is 1. The van der Waals surface area contributed by atoms with E-state index in [2.05, 4.69) is 20.3 Å². The Balaban J connectivity index is 1.57. The van der Waals surface area contributed by atoms with E-state index in [1.807, 2.05) is 6.92 Å². The van der Waals surface area contributed by atoms with Crippen LogP contribution in [0.15, 0.2) is 53.8 Å². The average Bonchev–Trinajstić information content (AvgIpc) is 3.25. The van der Waals surface area contributed by atoms with Crippen molar-refractivity contribution in [1.82, 2.24) is 18.9 Å². The summed E-state index contributed by atoms with van der Waals surface area (Å²) in [6.45, 7) is 1.84. The van der Waals surface area contributed by atoms with Gasteiger partial charge in [-0.25, -0.2) is 36.5 Å². The Bertz CT molecular complexity index is 1660. The molecule has 1 fully saturated rings. The van der Waals surface area contributed by atoms with Gasteiger partial charge in [-0.1, -0.05) is 29.3 Å². The summed E-state index contributed by atoms with van der Waals surface area (Å²) in [6.07, 6.45) is 4.46. The number of benzene rings is 1. The van der Waals surface area contributed by atoms with E-state index in [1.54, 1.807) is 12.1 Å². The number of aromatic nitrogens is 4. The molecule has 3 N–H and O–H groups in total. The van der Waals surface area contributed by atoms with Crippen LogP contribution in [0.5, 0.6) is 0 Å². The third kappa shape index (κ3) is 4.70. The van der Waals surface area contributed by atoms with Crippen LogP contribution in [-0.2, 0) is 14.8 Å². The molecular weight excluding hydrogens is 537 g/mol. The molecule has 10 nitrogen and oxygen atoms in total. The normalized spacial score (nSPS) is 19.9. The summed E-state index contributed by atoms with van der Waals surface area (Å²) in [7, 11) is -4.06. The number of hydrogen-bond donors (Lipinski definition) is 3. The van der Waals surface area contributed by atoms with Gasteiger partial charge in [0.05, 0.1) is 16.1 Å². The summed E-state index contributed by atoms with van der Waals surface area (Å²) in [5, 5.41) is 23.2. The first-order valence-electron chi connectivity index (χ1n) is 11.7. The minimum Gasteiger partial charge on any atom is -0.479 e. The summed E-state index contributed by atoms with van der Waals surface area (Å²) in [5.41, 5.74) is -0.681. The van der Waals surface area contributed by atoms with Crippen LogP contribution in [-0.4, -0.2) is 55.2 Å². The van der Waals surface area contributed by atoms with Crippen LogP contribution >= 0.6 is 11.6 Å². The predicted octanol–water partition coefficient (Wildman–Crippen LogP) is 4.00. The molecule has 2 atom stereocenters. The van der Waals surface area contributed by atoms with Gasteiger partial charge in [0.15, 0.2) is 28.7 Å². The largest absolute Gasteiger partial charge is 0.479 e. The van der Waals surface area contributed by atoms with E-state index in [-0.39, 0.29) is 45.6 Å². The van der Waals surface area contributed by atoms with Crippen LogP contribution in [0.3, 0.4) is 0 Å². The first-order valence-corrected chi connectivity index (χ1v) is 13.5. The number of fused-ring (bicyclic) bond motifs is 1. The minimum atomic E-state index is -4.06. The molecule has 0 radical (unpaired) electrons. The lowest BCUT2D eigenvalue weighted by molar-refractivity contribution is -0.162. The number of carbonyl (C=O) groups is 1. The van der Waals surface area contributed by atoms with E-state index in [0.29, 0.717) is 18.2 Å². The molecule has 1 aliphatic carbocycles. The zero-order chi connectivity index (χ0) is 27.2. The zero-order valence-corrected chi connectivity index (χ0v) is 21.7. The van der Waals surface area contributed by atoms with Gasteiger partial charge in [0.25, 0.3) is 10.0 Å². The summed E-state index contributed by atoms with van der Waals surface area (Å²) in [4.78, 5) is 24.1. The van der Waals surface area contributed by atoms with Gasteiger partial charge >= 0.3 is 5.97 Å². The third-order valence-corrected chi connectivity index (χ3v) is 8.48. The van der Waals surface area contributed by atoms with Crippen molar-refractivity contribution < 1.29 is 27.8 Å². The minimum absolute atomic E-state index is 0.00475. The zero-order valence-electron chi connectivity index (χ0n) is 20.1. The second-order valence-corrected chi connectivity index (χ2v) is 11.6. The second kappa shape index (κ2) is 9.61. The van der Waals surface area contributed by atoms with E-state index < -0.39 is 33.5 Å². The van der Waals surface area contributed by atoms with E-state index >= 15 is 0 Å². The Morgan fingerprint density at radius 1 is 1.24 bits per heavy atom. The van der Waals surface area contributed by atoms with Crippen LogP contribution in [0.1, 0.15) is 31.2 Å². The van der Waals surface area contributed by atoms with Gasteiger partial charge in [-0.05, 0) is 44.4 Å². The van der Waals surface area contributed by atoms with E-state index in [1.165, 1.54) is 30.6 Å². The predicted molar refractivity (Wildman–Crippen MR) is 138 cm³/mol. The van der Waals surface area contributed by atoms with Crippen LogP contribution in [0.25, 0.3) is 22.4 Å². The van der Waals surface area contributed by atoms with E-state index in [4.69, 9.17) is 11.6 Å². The Kier molecular flexibility index (Phi) is 6.58. The van der Waals surface area contributed by atoms with Crippen molar-refractivity contribution in [2.45, 2.75) is 49.1 Å². The molecular formula is C25H23ClFN5O5S. The lowest BCUT2D eigenvalue weighted by atomic mass is 9.82. The lowest BCUT2D eigenvalue weighted by Crippen LogP contribution is -2.46. The molecule has 3 heterocycles. The summed E-state index contributed by atoms with van der Waals surface area (Å²) >= 11 is 6.17. The van der Waals surface area contributed by atoms with Crippen molar-refractivity contribution in [3.63, 3.8) is 0 Å². The average molecular weight is 560 g/mol. The fourth-order valence-corrected chi connectivity index (χ4v) is 6.08. The number of carboxylic acids is 1. The molecule has 198 valence electrons. The number of rotatable bonds is 6. The Hall–Kier alpha value is -3.61. The van der Waals surface area contributed by atoms with Gasteiger partial charge in [0, 0.05) is 35.8 Å². The monoisotopic (exact) mass is 559 g/mol. The molecule has 0 amide bonds. The molecule has 0 spiro atoms. The van der Waals surface area contributed by atoms with Gasteiger partial charge < -0.3 is 15.5 Å². The number of aliphatic hydroxyl groups is 1. The summed E-state index contributed by atoms with van der Waals surface area (Å²) in [6, 6.07) is 7.31. The first-order chi connectivity index (χ1) is 18.0. The van der Waals surface area contributed by atoms with Crippen LogP contribution in [0.4, 0.5) is 10.2 Å². The van der Waals surface area contributed by atoms with Crippen LogP contribution < -0.4 is 5.32 Å². The number of carboxylic acid groups (broad SMARTS) is 1. The van der Waals surface area contributed by atoms with Crippen LogP contribution in [0, 0.1) is 12.7 Å². The smallest absolute Gasteiger partial charge is 0.335 e. The molecule has 38 heavy (non-hydrogen) atoms. The maximum Gasteiger partial charge on any atom is 0.335 e. The third-order valence-electron chi connectivity index (χ3n) is 6.61. The quantitative estimate of drug-likeness (QED) is 0.319. The molecule has 1 aromatic carbocycles. The Labute approximate surface area is 222 Å². The van der Waals surface area contributed by atoms with Gasteiger partial charge in [-0.15, -0.1) is 0 Å². The summed E-state index contributed by atoms with van der Waals surface area (Å²) < 4.78 is 42.7. The van der Waals surface area contributed by atoms with Gasteiger partial charge in [-0.2, -0.15) is 0 Å². The standard InChI is InChI=1S/C25H23ClFN5O5S/c1-14-4-6-17(7-5-14)38(36,37)32-13-19(18-9-15(26)11-29-23(18)32)21-28-12-20(27)22(31-21)30-16-3-2-8-25(35,10-16)24(33)34/h4-7,9,11-13,16,35H,2-3,8,10H2,1H3,(H,33,34)(H,28,30,31)/t16?,25-/m1/s1. The highest BCUT2D eigenvalue weighted by Gasteiger charge is 2.41. The highest BCUT2D eigenvalue weighted by Crippen LogP contribution is 2.34. The number of aryl methyl sites for hydroxylation is 1. The molecule has 1 aliphatic rings. The van der Waals surface area contributed by atoms with Crippen LogP contribution in [0.2, 0.25) is 5.02 Å². The van der Waals surface area contributed by atoms with Gasteiger partial charge in [0.1, 0.15) is 0 Å². The number of halogens is 2. The molecule has 4 aromatic rings. The SMILES string of the molecule is Cc1ccc(S(=O)(=O)n2cc(-c3ncc(F)c(NC4CCC[C@](O)(C(=O)O)C4)n3)c3cc(Cl)cnc32)cc1. The fraction of sp³-hybridized carbons (Fsp3) is 0.280. The maximum absolute atomic E-state index is 14.7. The maximum atomic E-state index is 14.7. The Morgan fingerprint density at radius 2 is 1.97 bits per heavy atom. The second-order valence-electron chi connectivity index (χ2n) is 9.35. The molecule has 0 saturated heterocycles. The number of pyridine rings is 1. The van der Waals surface area contributed by atoms with E-state index in [0.717, 1.165) is 15.7 Å². The first kappa shape index (κ1) is 26.0. The Morgan fingerprint density at radius 3 is 2.68 bits per heavy atom. The number of aliphatic carboxylic acids is 1. The van der Waals surface area contributed by atoms with Gasteiger partial charge in [0.2, 0.25) is 0 Å². The fourth-order valence-electron chi connectivity index (χ4n) is 4.60. The molecule has 1 unspecified atom stereocenters. The molecule has 5 rings (SSSR count). The van der Waals surface area contributed by atoms with Gasteiger partial charge in [-0.3, -0.25) is 0 Å². The van der Waals surface area contributed by atoms with E-state index in [9.17, 15) is 27.8 Å². The highest BCUT2D eigenvalue weighted by atomic mass is 35.5. The summed E-state index contributed by atoms with van der Waals surface area (Å²) in [5.74, 6) is -2.32. The molecule has 3 aromatic heterocycles. The highest BCUT2D eigenvalue weighted by molar-refractivity contribution is 7.90. The number of anilines is 1. The van der Waals surface area contributed by atoms with Crippen molar-refractivity contribution in [3.05, 3.63) is 65.3 Å². The van der Waals surface area contributed by atoms with Crippen molar-refractivity contribution in [2.75, 3.05) is 5.32 Å². The van der Waals surface area contributed by atoms with Crippen molar-refractivity contribution in [3.8, 4) is 11.4 Å².